The molecule has 0 bridgehead atoms. The summed E-state index contributed by atoms with van der Waals surface area (Å²) in [6, 6.07) is 10.0. The zero-order valence-corrected chi connectivity index (χ0v) is 11.4. The lowest BCUT2D eigenvalue weighted by Crippen LogP contribution is -2.28. The molecule has 1 aromatic carbocycles. The minimum absolute atomic E-state index is 0.597. The smallest absolute Gasteiger partial charge is 0.171 e. The van der Waals surface area contributed by atoms with E-state index in [4.69, 9.17) is 12.2 Å². The number of benzene rings is 1. The topological polar surface area (TPSA) is 41.9 Å². The number of rotatable bonds is 5. The molecule has 0 aliphatic heterocycles. The van der Waals surface area contributed by atoms with Crippen LogP contribution in [0.4, 0.5) is 5.69 Å². The average Bonchev–Trinajstić information content (AvgIpc) is 2.91. The Kier molecular flexibility index (Phi) is 4.69. The van der Waals surface area contributed by atoms with Crippen molar-refractivity contribution in [3.8, 4) is 0 Å². The van der Waals surface area contributed by atoms with Crippen LogP contribution in [0.1, 0.15) is 5.56 Å². The summed E-state index contributed by atoms with van der Waals surface area (Å²) in [7, 11) is 0. The molecule has 0 atom stereocenters. The second-order valence-electron chi connectivity index (χ2n) is 4.02. The molecule has 1 aromatic heterocycles. The predicted octanol–water partition coefficient (Wildman–Crippen LogP) is 2.40. The molecular weight excluding hydrogens is 256 g/mol. The molecule has 0 radical (unpaired) electrons. The van der Waals surface area contributed by atoms with E-state index in [2.05, 4.69) is 34.4 Å². The Labute approximate surface area is 118 Å². The minimum atomic E-state index is 0.597. The van der Waals surface area contributed by atoms with Gasteiger partial charge in [0.25, 0.3) is 0 Å². The molecule has 0 unspecified atom stereocenters. The molecule has 0 saturated carbocycles. The van der Waals surface area contributed by atoms with Crippen LogP contribution in [0.2, 0.25) is 0 Å². The van der Waals surface area contributed by atoms with Crippen LogP contribution in [0, 0.1) is 0 Å². The Morgan fingerprint density at radius 1 is 1.37 bits per heavy atom. The van der Waals surface area contributed by atoms with Gasteiger partial charge in [0, 0.05) is 24.6 Å². The van der Waals surface area contributed by atoms with Gasteiger partial charge in [0.1, 0.15) is 0 Å². The van der Waals surface area contributed by atoms with E-state index < -0.39 is 0 Å². The van der Waals surface area contributed by atoms with Crippen molar-refractivity contribution in [2.75, 3.05) is 11.9 Å². The number of anilines is 1. The lowest BCUT2D eigenvalue weighted by molar-refractivity contribution is 0.687. The molecule has 4 nitrogen and oxygen atoms in total. The maximum Gasteiger partial charge on any atom is 0.171 e. The predicted molar refractivity (Wildman–Crippen MR) is 82.2 cm³/mol. The van der Waals surface area contributed by atoms with E-state index >= 15 is 0 Å². The van der Waals surface area contributed by atoms with Gasteiger partial charge in [-0.15, -0.1) is 6.58 Å². The van der Waals surface area contributed by atoms with Crippen LogP contribution in [0.25, 0.3) is 0 Å². The first kappa shape index (κ1) is 13.3. The summed E-state index contributed by atoms with van der Waals surface area (Å²) < 4.78 is 1.89. The highest BCUT2D eigenvalue weighted by Crippen LogP contribution is 2.10. The second-order valence-corrected chi connectivity index (χ2v) is 4.43. The van der Waals surface area contributed by atoms with Gasteiger partial charge in [-0.3, -0.25) is 4.68 Å². The molecule has 0 spiro atoms. The maximum absolute atomic E-state index is 5.14. The van der Waals surface area contributed by atoms with Crippen molar-refractivity contribution in [3.05, 3.63) is 60.9 Å². The highest BCUT2D eigenvalue weighted by Gasteiger charge is 1.98. The van der Waals surface area contributed by atoms with E-state index in [1.807, 2.05) is 29.1 Å². The molecule has 0 aliphatic rings. The number of aromatic nitrogens is 2. The summed E-state index contributed by atoms with van der Waals surface area (Å²) in [6.07, 6.45) is 5.49. The number of hydrogen-bond donors (Lipinski definition) is 2. The molecule has 5 heteroatoms. The number of thiocarbonyl (C=S) groups is 1. The van der Waals surface area contributed by atoms with Crippen LogP contribution in [0.15, 0.2) is 55.4 Å². The molecule has 0 saturated heterocycles. The van der Waals surface area contributed by atoms with Crippen molar-refractivity contribution in [1.29, 1.82) is 0 Å². The first-order chi connectivity index (χ1) is 9.28. The fourth-order valence-corrected chi connectivity index (χ4v) is 1.82. The standard InChI is InChI=1S/C14H16N4S/c1-2-8-15-14(19)17-13-6-4-12(5-7-13)11-18-10-3-9-16-18/h2-7,9-10H,1,8,11H2,(H2,15,17,19). The first-order valence-corrected chi connectivity index (χ1v) is 6.41. The minimum Gasteiger partial charge on any atom is -0.359 e. The zero-order valence-electron chi connectivity index (χ0n) is 10.5. The lowest BCUT2D eigenvalue weighted by Gasteiger charge is -2.09. The molecular formula is C14H16N4S. The van der Waals surface area contributed by atoms with E-state index in [0.29, 0.717) is 11.7 Å². The summed E-state index contributed by atoms with van der Waals surface area (Å²) in [5, 5.41) is 10.9. The molecule has 0 fully saturated rings. The number of hydrogen-bond acceptors (Lipinski definition) is 2. The molecule has 2 aromatic rings. The lowest BCUT2D eigenvalue weighted by atomic mass is 10.2. The van der Waals surface area contributed by atoms with Crippen LogP contribution in [0.5, 0.6) is 0 Å². The van der Waals surface area contributed by atoms with E-state index in [1.54, 1.807) is 12.3 Å². The summed E-state index contributed by atoms with van der Waals surface area (Å²) >= 11 is 5.14. The van der Waals surface area contributed by atoms with Crippen molar-refractivity contribution in [1.82, 2.24) is 15.1 Å². The summed E-state index contributed by atoms with van der Waals surface area (Å²) in [5.74, 6) is 0. The maximum atomic E-state index is 5.14. The van der Waals surface area contributed by atoms with Gasteiger partial charge in [-0.2, -0.15) is 5.10 Å². The third kappa shape index (κ3) is 4.22. The SMILES string of the molecule is C=CCNC(=S)Nc1ccc(Cn2cccn2)cc1. The van der Waals surface area contributed by atoms with Crippen molar-refractivity contribution in [3.63, 3.8) is 0 Å². The number of nitrogens with zero attached hydrogens (tertiary/aromatic N) is 2. The molecule has 0 amide bonds. The molecule has 19 heavy (non-hydrogen) atoms. The highest BCUT2D eigenvalue weighted by molar-refractivity contribution is 7.80. The molecule has 98 valence electrons. The number of nitrogens with one attached hydrogen (secondary N) is 2. The van der Waals surface area contributed by atoms with E-state index in [1.165, 1.54) is 5.56 Å². The van der Waals surface area contributed by atoms with Crippen LogP contribution in [-0.4, -0.2) is 21.4 Å². The average molecular weight is 272 g/mol. The van der Waals surface area contributed by atoms with Gasteiger partial charge >= 0.3 is 0 Å². The van der Waals surface area contributed by atoms with Crippen LogP contribution >= 0.6 is 12.2 Å². The van der Waals surface area contributed by atoms with Gasteiger partial charge in [0.05, 0.1) is 6.54 Å². The first-order valence-electron chi connectivity index (χ1n) is 6.00. The van der Waals surface area contributed by atoms with E-state index in [9.17, 15) is 0 Å². The molecule has 0 aliphatic carbocycles. The normalized spacial score (nSPS) is 9.89. The van der Waals surface area contributed by atoms with Gasteiger partial charge in [-0.25, -0.2) is 0 Å². The quantitative estimate of drug-likeness (QED) is 0.648. The van der Waals surface area contributed by atoms with Crippen LogP contribution < -0.4 is 10.6 Å². The molecule has 2 N–H and O–H groups in total. The Hall–Kier alpha value is -2.14. The highest BCUT2D eigenvalue weighted by atomic mass is 32.1. The third-order valence-corrected chi connectivity index (χ3v) is 2.77. The summed E-state index contributed by atoms with van der Waals surface area (Å²) in [6.45, 7) is 5.05. The fraction of sp³-hybridized carbons (Fsp3) is 0.143. The van der Waals surface area contributed by atoms with Crippen LogP contribution in [0.3, 0.4) is 0 Å². The van der Waals surface area contributed by atoms with Gasteiger partial charge in [0.15, 0.2) is 5.11 Å². The van der Waals surface area contributed by atoms with Gasteiger partial charge in [0.2, 0.25) is 0 Å². The second kappa shape index (κ2) is 6.70. The van der Waals surface area contributed by atoms with Crippen LogP contribution in [-0.2, 0) is 6.54 Å². The van der Waals surface area contributed by atoms with Crippen molar-refractivity contribution < 1.29 is 0 Å². The molecule has 2 rings (SSSR count). The zero-order chi connectivity index (χ0) is 13.5. The van der Waals surface area contributed by atoms with Crippen molar-refractivity contribution in [2.45, 2.75) is 6.54 Å². The largest absolute Gasteiger partial charge is 0.359 e. The van der Waals surface area contributed by atoms with E-state index in [0.717, 1.165) is 12.2 Å². The monoisotopic (exact) mass is 272 g/mol. The van der Waals surface area contributed by atoms with Crippen molar-refractivity contribution in [2.24, 2.45) is 0 Å². The van der Waals surface area contributed by atoms with Crippen molar-refractivity contribution >= 4 is 23.0 Å². The van der Waals surface area contributed by atoms with Gasteiger partial charge in [-0.05, 0) is 36.0 Å². The Morgan fingerprint density at radius 3 is 2.79 bits per heavy atom. The van der Waals surface area contributed by atoms with E-state index in [-0.39, 0.29) is 0 Å². The third-order valence-electron chi connectivity index (χ3n) is 2.52. The fourth-order valence-electron chi connectivity index (χ4n) is 1.61. The summed E-state index contributed by atoms with van der Waals surface area (Å²) in [4.78, 5) is 0. The Morgan fingerprint density at radius 2 is 2.16 bits per heavy atom. The summed E-state index contributed by atoms with van der Waals surface area (Å²) in [5.41, 5.74) is 2.16. The Bertz CT molecular complexity index is 531. The van der Waals surface area contributed by atoms with Gasteiger partial charge in [-0.1, -0.05) is 18.2 Å². The Balaban J connectivity index is 1.91. The molecule has 1 heterocycles. The van der Waals surface area contributed by atoms with Gasteiger partial charge < -0.3 is 10.6 Å².